The largest absolute Gasteiger partial charge is 0.384 e. The molecule has 1 unspecified atom stereocenters. The van der Waals surface area contributed by atoms with Gasteiger partial charge in [-0.3, -0.25) is 0 Å². The van der Waals surface area contributed by atoms with Crippen molar-refractivity contribution >= 4 is 11.6 Å². The summed E-state index contributed by atoms with van der Waals surface area (Å²) in [4.78, 5) is 0. The first-order valence-corrected chi connectivity index (χ1v) is 5.97. The summed E-state index contributed by atoms with van der Waals surface area (Å²) in [6, 6.07) is 13.4. The van der Waals surface area contributed by atoms with E-state index in [1.165, 1.54) is 0 Å². The van der Waals surface area contributed by atoms with E-state index in [0.29, 0.717) is 5.02 Å². The number of hydrogen-bond acceptors (Lipinski definition) is 1. The van der Waals surface area contributed by atoms with Crippen LogP contribution in [-0.4, -0.2) is 5.11 Å². The molecule has 0 radical (unpaired) electrons. The van der Waals surface area contributed by atoms with Crippen molar-refractivity contribution in [3.05, 3.63) is 69.7 Å². The molecule has 2 heteroatoms. The van der Waals surface area contributed by atoms with Crippen molar-refractivity contribution in [2.75, 3.05) is 0 Å². The Kier molecular flexibility index (Phi) is 3.51. The zero-order valence-electron chi connectivity index (χ0n) is 9.94. The molecule has 88 valence electrons. The van der Waals surface area contributed by atoms with Crippen LogP contribution in [0.4, 0.5) is 0 Å². The monoisotopic (exact) mass is 246 g/mol. The van der Waals surface area contributed by atoms with Gasteiger partial charge in [0.25, 0.3) is 0 Å². The second-order valence-corrected chi connectivity index (χ2v) is 4.70. The van der Waals surface area contributed by atoms with Crippen LogP contribution in [0.5, 0.6) is 0 Å². The van der Waals surface area contributed by atoms with Gasteiger partial charge in [-0.05, 0) is 48.2 Å². The molecule has 1 atom stereocenters. The average Bonchev–Trinajstić information content (AvgIpc) is 2.29. The van der Waals surface area contributed by atoms with Gasteiger partial charge < -0.3 is 5.11 Å². The molecule has 0 aromatic heterocycles. The van der Waals surface area contributed by atoms with Crippen LogP contribution < -0.4 is 0 Å². The van der Waals surface area contributed by atoms with E-state index < -0.39 is 6.10 Å². The highest BCUT2D eigenvalue weighted by Gasteiger charge is 2.14. The molecule has 17 heavy (non-hydrogen) atoms. The van der Waals surface area contributed by atoms with Gasteiger partial charge in [0.15, 0.2) is 0 Å². The molecule has 2 rings (SSSR count). The second kappa shape index (κ2) is 4.91. The van der Waals surface area contributed by atoms with Crippen molar-refractivity contribution in [2.45, 2.75) is 20.0 Å². The van der Waals surface area contributed by atoms with E-state index in [4.69, 9.17) is 11.6 Å². The first kappa shape index (κ1) is 12.2. The first-order chi connectivity index (χ1) is 8.09. The Labute approximate surface area is 107 Å². The molecule has 0 saturated heterocycles. The van der Waals surface area contributed by atoms with Gasteiger partial charge in [0.2, 0.25) is 0 Å². The van der Waals surface area contributed by atoms with E-state index in [-0.39, 0.29) is 0 Å². The van der Waals surface area contributed by atoms with Crippen molar-refractivity contribution < 1.29 is 5.11 Å². The van der Waals surface area contributed by atoms with E-state index in [9.17, 15) is 5.11 Å². The Morgan fingerprint density at radius 2 is 1.47 bits per heavy atom. The van der Waals surface area contributed by atoms with E-state index >= 15 is 0 Å². The lowest BCUT2D eigenvalue weighted by Crippen LogP contribution is -2.04. The molecule has 0 aliphatic heterocycles. The summed E-state index contributed by atoms with van der Waals surface area (Å²) in [7, 11) is 0. The zero-order chi connectivity index (χ0) is 12.4. The second-order valence-electron chi connectivity index (χ2n) is 4.26. The highest BCUT2D eigenvalue weighted by Crippen LogP contribution is 2.28. The van der Waals surface area contributed by atoms with E-state index in [0.717, 1.165) is 22.3 Å². The van der Waals surface area contributed by atoms with Crippen LogP contribution in [-0.2, 0) is 0 Å². The zero-order valence-corrected chi connectivity index (χ0v) is 10.7. The van der Waals surface area contributed by atoms with Crippen LogP contribution in [0.15, 0.2) is 42.5 Å². The van der Waals surface area contributed by atoms with Gasteiger partial charge in [0.1, 0.15) is 6.10 Å². The number of hydrogen-bond donors (Lipinski definition) is 1. The fourth-order valence-electron chi connectivity index (χ4n) is 2.07. The quantitative estimate of drug-likeness (QED) is 0.848. The van der Waals surface area contributed by atoms with Gasteiger partial charge in [-0.25, -0.2) is 0 Å². The van der Waals surface area contributed by atoms with Crippen molar-refractivity contribution in [2.24, 2.45) is 0 Å². The highest BCUT2D eigenvalue weighted by atomic mass is 35.5. The van der Waals surface area contributed by atoms with Crippen LogP contribution in [0, 0.1) is 13.8 Å². The molecule has 0 fully saturated rings. The Morgan fingerprint density at radius 1 is 0.941 bits per heavy atom. The number of aliphatic hydroxyl groups excluding tert-OH is 1. The summed E-state index contributed by atoms with van der Waals surface area (Å²) in [5.74, 6) is 0. The van der Waals surface area contributed by atoms with Crippen LogP contribution in [0.3, 0.4) is 0 Å². The van der Waals surface area contributed by atoms with Crippen molar-refractivity contribution in [3.63, 3.8) is 0 Å². The minimum absolute atomic E-state index is 0.589. The molecule has 0 heterocycles. The molecule has 0 aliphatic carbocycles. The normalized spacial score (nSPS) is 12.5. The molecule has 1 N–H and O–H groups in total. The van der Waals surface area contributed by atoms with E-state index in [2.05, 4.69) is 0 Å². The van der Waals surface area contributed by atoms with Crippen molar-refractivity contribution in [3.8, 4) is 0 Å². The molecule has 2 aromatic rings. The Balaban J connectivity index is 2.43. The molecule has 2 aromatic carbocycles. The van der Waals surface area contributed by atoms with Gasteiger partial charge in [-0.15, -0.1) is 0 Å². The molecular weight excluding hydrogens is 232 g/mol. The topological polar surface area (TPSA) is 20.2 Å². The fraction of sp³-hybridized carbons (Fsp3) is 0.200. The molecule has 1 nitrogen and oxygen atoms in total. The molecule has 0 aliphatic rings. The predicted molar refractivity (Wildman–Crippen MR) is 71.4 cm³/mol. The molecule has 0 amide bonds. The lowest BCUT2D eigenvalue weighted by molar-refractivity contribution is 0.219. The van der Waals surface area contributed by atoms with Gasteiger partial charge in [0.05, 0.1) is 0 Å². The smallest absolute Gasteiger partial charge is 0.105 e. The molecule has 0 saturated carbocycles. The van der Waals surface area contributed by atoms with Gasteiger partial charge in [-0.1, -0.05) is 41.9 Å². The Bertz CT molecular complexity index is 497. The van der Waals surface area contributed by atoms with Crippen molar-refractivity contribution in [1.29, 1.82) is 0 Å². The highest BCUT2D eigenvalue weighted by molar-refractivity contribution is 6.30. The standard InChI is InChI=1S/C15H15ClO/c1-10-4-3-5-11(2)14(10)15(17)12-6-8-13(16)9-7-12/h3-9,15,17H,1-2H3. The van der Waals surface area contributed by atoms with E-state index in [1.807, 2.05) is 44.2 Å². The minimum atomic E-state index is -0.589. The van der Waals surface area contributed by atoms with Crippen LogP contribution in [0.2, 0.25) is 5.02 Å². The molecular formula is C15H15ClO. The molecule has 0 spiro atoms. The first-order valence-electron chi connectivity index (χ1n) is 5.59. The summed E-state index contributed by atoms with van der Waals surface area (Å²) in [5, 5.41) is 11.1. The maximum atomic E-state index is 10.4. The lowest BCUT2D eigenvalue weighted by Gasteiger charge is -2.16. The average molecular weight is 247 g/mol. The summed E-state index contributed by atoms with van der Waals surface area (Å²) < 4.78 is 0. The minimum Gasteiger partial charge on any atom is -0.384 e. The third kappa shape index (κ3) is 2.51. The third-order valence-electron chi connectivity index (χ3n) is 3.00. The van der Waals surface area contributed by atoms with Gasteiger partial charge in [-0.2, -0.15) is 0 Å². The Morgan fingerprint density at radius 3 is 2.00 bits per heavy atom. The fourth-order valence-corrected chi connectivity index (χ4v) is 2.20. The maximum absolute atomic E-state index is 10.4. The van der Waals surface area contributed by atoms with Gasteiger partial charge in [0, 0.05) is 5.02 Å². The third-order valence-corrected chi connectivity index (χ3v) is 3.25. The SMILES string of the molecule is Cc1cccc(C)c1C(O)c1ccc(Cl)cc1. The number of rotatable bonds is 2. The van der Waals surface area contributed by atoms with Crippen molar-refractivity contribution in [1.82, 2.24) is 0 Å². The summed E-state index contributed by atoms with van der Waals surface area (Å²) >= 11 is 5.84. The van der Waals surface area contributed by atoms with Crippen LogP contribution >= 0.6 is 11.6 Å². The number of aryl methyl sites for hydroxylation is 2. The summed E-state index contributed by atoms with van der Waals surface area (Å²) in [6.07, 6.45) is -0.589. The maximum Gasteiger partial charge on any atom is 0.105 e. The lowest BCUT2D eigenvalue weighted by atomic mass is 9.93. The van der Waals surface area contributed by atoms with Crippen LogP contribution in [0.1, 0.15) is 28.4 Å². The number of aliphatic hydroxyl groups is 1. The van der Waals surface area contributed by atoms with Crippen LogP contribution in [0.25, 0.3) is 0 Å². The van der Waals surface area contributed by atoms with Gasteiger partial charge >= 0.3 is 0 Å². The predicted octanol–water partition coefficient (Wildman–Crippen LogP) is 4.04. The summed E-state index contributed by atoms with van der Waals surface area (Å²) in [5.41, 5.74) is 4.06. The van der Waals surface area contributed by atoms with E-state index in [1.54, 1.807) is 12.1 Å². The number of halogens is 1. The number of benzene rings is 2. The Hall–Kier alpha value is -1.31. The molecule has 0 bridgehead atoms. The summed E-state index contributed by atoms with van der Waals surface area (Å²) in [6.45, 7) is 4.03.